The van der Waals surface area contributed by atoms with Crippen LogP contribution in [0.3, 0.4) is 0 Å². The number of aromatic nitrogens is 2. The van der Waals surface area contributed by atoms with Gasteiger partial charge in [0.25, 0.3) is 0 Å². The van der Waals surface area contributed by atoms with Crippen LogP contribution in [0.4, 0.5) is 5.95 Å². The van der Waals surface area contributed by atoms with E-state index in [0.717, 1.165) is 18.1 Å². The van der Waals surface area contributed by atoms with Gasteiger partial charge in [0.15, 0.2) is 0 Å². The molecular weight excluding hydrogens is 218 g/mol. The second kappa shape index (κ2) is 4.70. The second-order valence-corrected chi connectivity index (χ2v) is 4.83. The molecule has 0 aromatic carbocycles. The fraction of sp³-hybridized carbons (Fsp3) is 0.417. The highest BCUT2D eigenvalue weighted by atomic mass is 32.1. The van der Waals surface area contributed by atoms with Crippen molar-refractivity contribution < 1.29 is 0 Å². The van der Waals surface area contributed by atoms with Gasteiger partial charge < -0.3 is 9.88 Å². The van der Waals surface area contributed by atoms with E-state index in [1.165, 1.54) is 5.56 Å². The third kappa shape index (κ3) is 2.27. The molecule has 0 fully saturated rings. The average molecular weight is 235 g/mol. The molecule has 2 aromatic rings. The lowest BCUT2D eigenvalue weighted by Crippen LogP contribution is -2.10. The summed E-state index contributed by atoms with van der Waals surface area (Å²) in [6, 6.07) is 2.61. The van der Waals surface area contributed by atoms with Crippen molar-refractivity contribution in [3.63, 3.8) is 0 Å². The zero-order valence-corrected chi connectivity index (χ0v) is 10.7. The summed E-state index contributed by atoms with van der Waals surface area (Å²) >= 11 is 1.75. The van der Waals surface area contributed by atoms with Crippen LogP contribution in [-0.2, 0) is 6.42 Å². The van der Waals surface area contributed by atoms with Gasteiger partial charge in [-0.15, -0.1) is 0 Å². The van der Waals surface area contributed by atoms with Gasteiger partial charge in [-0.2, -0.15) is 11.3 Å². The molecule has 16 heavy (non-hydrogen) atoms. The normalized spacial score (nSPS) is 12.7. The van der Waals surface area contributed by atoms with Crippen LogP contribution in [0.1, 0.15) is 24.2 Å². The molecule has 0 amide bonds. The molecule has 0 bridgehead atoms. The van der Waals surface area contributed by atoms with E-state index in [1.807, 2.05) is 14.0 Å². The van der Waals surface area contributed by atoms with E-state index in [2.05, 4.69) is 44.8 Å². The van der Waals surface area contributed by atoms with Crippen LogP contribution < -0.4 is 5.32 Å². The van der Waals surface area contributed by atoms with Gasteiger partial charge in [-0.3, -0.25) is 0 Å². The molecule has 1 atom stereocenters. The molecule has 0 saturated carbocycles. The van der Waals surface area contributed by atoms with E-state index < -0.39 is 0 Å². The molecule has 86 valence electrons. The Kier molecular flexibility index (Phi) is 3.29. The number of nitrogens with one attached hydrogen (secondary N) is 1. The molecule has 0 aliphatic carbocycles. The second-order valence-electron chi connectivity index (χ2n) is 4.05. The molecule has 2 rings (SSSR count). The van der Waals surface area contributed by atoms with Crippen LogP contribution in [0, 0.1) is 6.92 Å². The number of anilines is 1. The van der Waals surface area contributed by atoms with Crippen LogP contribution in [0.15, 0.2) is 23.0 Å². The van der Waals surface area contributed by atoms with Gasteiger partial charge in [0.1, 0.15) is 0 Å². The van der Waals surface area contributed by atoms with Crippen molar-refractivity contribution in [2.45, 2.75) is 26.3 Å². The standard InChI is InChI=1S/C12H17N3S/c1-9-7-15(12(13-3)14-9)10(2)6-11-4-5-16-8-11/h4-5,7-8,10H,6H2,1-3H3,(H,13,14). The van der Waals surface area contributed by atoms with E-state index in [4.69, 9.17) is 0 Å². The van der Waals surface area contributed by atoms with E-state index in [1.54, 1.807) is 11.3 Å². The van der Waals surface area contributed by atoms with Gasteiger partial charge in [-0.1, -0.05) is 0 Å². The predicted octanol–water partition coefficient (Wildman–Crippen LogP) is 3.10. The molecule has 0 aliphatic rings. The van der Waals surface area contributed by atoms with Crippen molar-refractivity contribution in [1.29, 1.82) is 0 Å². The zero-order valence-electron chi connectivity index (χ0n) is 9.90. The van der Waals surface area contributed by atoms with Crippen LogP contribution >= 0.6 is 11.3 Å². The van der Waals surface area contributed by atoms with Crippen LogP contribution in [0.25, 0.3) is 0 Å². The van der Waals surface area contributed by atoms with Crippen LogP contribution in [0.5, 0.6) is 0 Å². The van der Waals surface area contributed by atoms with Crippen molar-refractivity contribution in [1.82, 2.24) is 9.55 Å². The van der Waals surface area contributed by atoms with Crippen molar-refractivity contribution in [3.05, 3.63) is 34.3 Å². The molecule has 0 spiro atoms. The fourth-order valence-corrected chi connectivity index (χ4v) is 2.57. The molecule has 1 unspecified atom stereocenters. The summed E-state index contributed by atoms with van der Waals surface area (Å²) in [5.74, 6) is 0.945. The number of rotatable bonds is 4. The maximum absolute atomic E-state index is 4.43. The first-order valence-corrected chi connectivity index (χ1v) is 6.39. The summed E-state index contributed by atoms with van der Waals surface area (Å²) < 4.78 is 2.20. The minimum Gasteiger partial charge on any atom is -0.359 e. The van der Waals surface area contributed by atoms with Gasteiger partial charge >= 0.3 is 0 Å². The maximum Gasteiger partial charge on any atom is 0.203 e. The number of hydrogen-bond donors (Lipinski definition) is 1. The largest absolute Gasteiger partial charge is 0.359 e. The molecule has 0 saturated heterocycles. The third-order valence-electron chi connectivity index (χ3n) is 2.66. The molecule has 2 aromatic heterocycles. The third-order valence-corrected chi connectivity index (χ3v) is 3.39. The SMILES string of the molecule is CNc1nc(C)cn1C(C)Cc1ccsc1. The monoisotopic (exact) mass is 235 g/mol. The first-order chi connectivity index (χ1) is 7.70. The van der Waals surface area contributed by atoms with E-state index in [-0.39, 0.29) is 0 Å². The average Bonchev–Trinajstić information content (AvgIpc) is 2.86. The molecule has 3 nitrogen and oxygen atoms in total. The van der Waals surface area contributed by atoms with Gasteiger partial charge in [0, 0.05) is 19.3 Å². The predicted molar refractivity (Wildman–Crippen MR) is 69.2 cm³/mol. The Hall–Kier alpha value is -1.29. The summed E-state index contributed by atoms with van der Waals surface area (Å²) in [4.78, 5) is 4.43. The van der Waals surface area contributed by atoms with Crippen molar-refractivity contribution >= 4 is 17.3 Å². The van der Waals surface area contributed by atoms with Crippen LogP contribution in [0.2, 0.25) is 0 Å². The Morgan fingerprint density at radius 3 is 3.00 bits per heavy atom. The van der Waals surface area contributed by atoms with Crippen molar-refractivity contribution in [2.24, 2.45) is 0 Å². The number of imidazole rings is 1. The molecule has 1 N–H and O–H groups in total. The summed E-state index contributed by atoms with van der Waals surface area (Å²) in [5, 5.41) is 7.46. The fourth-order valence-electron chi connectivity index (χ4n) is 1.89. The van der Waals surface area contributed by atoms with E-state index in [0.29, 0.717) is 6.04 Å². The van der Waals surface area contributed by atoms with Gasteiger partial charge in [0.05, 0.1) is 5.69 Å². The highest BCUT2D eigenvalue weighted by Gasteiger charge is 2.11. The Balaban J connectivity index is 2.16. The Morgan fingerprint density at radius 2 is 2.38 bits per heavy atom. The minimum atomic E-state index is 0.429. The van der Waals surface area contributed by atoms with Crippen molar-refractivity contribution in [3.8, 4) is 0 Å². The molecular formula is C12H17N3S. The summed E-state index contributed by atoms with van der Waals surface area (Å²) in [6.45, 7) is 4.24. The zero-order chi connectivity index (χ0) is 11.5. The summed E-state index contributed by atoms with van der Waals surface area (Å²) in [7, 11) is 1.91. The smallest absolute Gasteiger partial charge is 0.203 e. The Bertz CT molecular complexity index is 445. The van der Waals surface area contributed by atoms with Crippen molar-refractivity contribution in [2.75, 3.05) is 12.4 Å². The molecule has 4 heteroatoms. The number of hydrogen-bond acceptors (Lipinski definition) is 3. The highest BCUT2D eigenvalue weighted by molar-refractivity contribution is 7.07. The minimum absolute atomic E-state index is 0.429. The first-order valence-electron chi connectivity index (χ1n) is 5.45. The molecule has 0 aliphatic heterocycles. The molecule has 0 radical (unpaired) electrons. The number of nitrogens with zero attached hydrogens (tertiary/aromatic N) is 2. The molecule has 2 heterocycles. The highest BCUT2D eigenvalue weighted by Crippen LogP contribution is 2.20. The lowest BCUT2D eigenvalue weighted by Gasteiger charge is -2.15. The van der Waals surface area contributed by atoms with Gasteiger partial charge in [-0.05, 0) is 42.7 Å². The van der Waals surface area contributed by atoms with E-state index in [9.17, 15) is 0 Å². The van der Waals surface area contributed by atoms with Gasteiger partial charge in [0.2, 0.25) is 5.95 Å². The number of aryl methyl sites for hydroxylation is 1. The van der Waals surface area contributed by atoms with Gasteiger partial charge in [-0.25, -0.2) is 4.98 Å². The number of thiophene rings is 1. The van der Waals surface area contributed by atoms with Crippen LogP contribution in [-0.4, -0.2) is 16.6 Å². The quantitative estimate of drug-likeness (QED) is 0.882. The lowest BCUT2D eigenvalue weighted by atomic mass is 10.1. The van der Waals surface area contributed by atoms with E-state index >= 15 is 0 Å². The Morgan fingerprint density at radius 1 is 1.56 bits per heavy atom. The summed E-state index contributed by atoms with van der Waals surface area (Å²) in [5.41, 5.74) is 2.45. The lowest BCUT2D eigenvalue weighted by molar-refractivity contribution is 0.551. The topological polar surface area (TPSA) is 29.9 Å². The maximum atomic E-state index is 4.43. The summed E-state index contributed by atoms with van der Waals surface area (Å²) in [6.07, 6.45) is 3.15. The first kappa shape index (κ1) is 11.2. The Labute approximate surface area is 100 Å².